The summed E-state index contributed by atoms with van der Waals surface area (Å²) >= 11 is 6.41. The molecule has 1 saturated heterocycles. The van der Waals surface area contributed by atoms with Gasteiger partial charge in [-0.25, -0.2) is 0 Å². The van der Waals surface area contributed by atoms with E-state index in [1.165, 1.54) is 0 Å². The van der Waals surface area contributed by atoms with Crippen molar-refractivity contribution in [2.24, 2.45) is 0 Å². The monoisotopic (exact) mass is 405 g/mol. The number of halogens is 1. The van der Waals surface area contributed by atoms with Gasteiger partial charge in [0.15, 0.2) is 0 Å². The van der Waals surface area contributed by atoms with Crippen molar-refractivity contribution in [3.63, 3.8) is 0 Å². The molecule has 28 heavy (non-hydrogen) atoms. The maximum Gasteiger partial charge on any atom is 0.142 e. The maximum absolute atomic E-state index is 10.4. The van der Waals surface area contributed by atoms with Crippen molar-refractivity contribution in [1.82, 2.24) is 0 Å². The van der Waals surface area contributed by atoms with Crippen LogP contribution in [0, 0.1) is 0 Å². The molecule has 6 nitrogen and oxygen atoms in total. The molecule has 2 aliphatic heterocycles. The molecule has 2 aliphatic rings. The second-order valence-electron chi connectivity index (χ2n) is 7.37. The van der Waals surface area contributed by atoms with Gasteiger partial charge in [-0.1, -0.05) is 29.8 Å². The van der Waals surface area contributed by atoms with Gasteiger partial charge in [-0.2, -0.15) is 0 Å². The van der Waals surface area contributed by atoms with Crippen molar-refractivity contribution in [2.75, 3.05) is 18.5 Å². The van der Waals surface area contributed by atoms with E-state index in [-0.39, 0.29) is 0 Å². The highest BCUT2D eigenvalue weighted by Gasteiger charge is 2.42. The first-order chi connectivity index (χ1) is 13.4. The van der Waals surface area contributed by atoms with Crippen LogP contribution in [0.5, 0.6) is 5.75 Å². The smallest absolute Gasteiger partial charge is 0.142 e. The Morgan fingerprint density at radius 1 is 1.07 bits per heavy atom. The highest BCUT2D eigenvalue weighted by atomic mass is 35.5. The van der Waals surface area contributed by atoms with E-state index in [0.29, 0.717) is 23.6 Å². The van der Waals surface area contributed by atoms with E-state index in [0.717, 1.165) is 29.1 Å². The van der Waals surface area contributed by atoms with Crippen LogP contribution in [0.25, 0.3) is 0 Å². The summed E-state index contributed by atoms with van der Waals surface area (Å²) in [6.45, 7) is 3.10. The quantitative estimate of drug-likeness (QED) is 0.626. The Labute approximate surface area is 168 Å². The van der Waals surface area contributed by atoms with Crippen molar-refractivity contribution < 1.29 is 24.8 Å². The van der Waals surface area contributed by atoms with Crippen LogP contribution >= 0.6 is 11.6 Å². The Hall–Kier alpha value is -1.83. The van der Waals surface area contributed by atoms with Crippen molar-refractivity contribution in [3.8, 4) is 5.75 Å². The molecule has 0 amide bonds. The SMILES string of the molecule is C[C@H]1O[C@@H](c2ccc(Cl)c(Cc3ccc4c(c3)NCCO4)c2)[C@H](O)[C@@H](O)[C@@H]1O. The molecule has 0 saturated carbocycles. The van der Waals surface area contributed by atoms with Crippen LogP contribution in [0.1, 0.15) is 29.7 Å². The molecule has 0 unspecified atom stereocenters. The maximum atomic E-state index is 10.4. The predicted octanol–water partition coefficient (Wildman–Crippen LogP) is 2.28. The van der Waals surface area contributed by atoms with Gasteiger partial charge >= 0.3 is 0 Å². The van der Waals surface area contributed by atoms with E-state index in [9.17, 15) is 15.3 Å². The summed E-state index contributed by atoms with van der Waals surface area (Å²) in [6, 6.07) is 11.4. The lowest BCUT2D eigenvalue weighted by Gasteiger charge is -2.39. The standard InChI is InChI=1S/C21H24ClNO5/c1-11-18(24)19(25)20(26)21(28-11)13-3-4-15(22)14(10-13)8-12-2-5-17-16(9-12)23-6-7-27-17/h2-5,9-11,18-21,23-26H,6-8H2,1H3/t11-,18-,19+,20-,21+/m1/s1. The summed E-state index contributed by atoms with van der Waals surface area (Å²) in [6.07, 6.45) is -4.32. The number of fused-ring (bicyclic) bond motifs is 1. The summed E-state index contributed by atoms with van der Waals surface area (Å²) in [5.41, 5.74) is 3.64. The second-order valence-corrected chi connectivity index (χ2v) is 7.77. The largest absolute Gasteiger partial charge is 0.490 e. The molecule has 150 valence electrons. The first kappa shape index (κ1) is 19.5. The molecule has 2 heterocycles. The summed E-state index contributed by atoms with van der Waals surface area (Å²) in [5.74, 6) is 0.843. The minimum Gasteiger partial charge on any atom is -0.490 e. The van der Waals surface area contributed by atoms with E-state index in [4.69, 9.17) is 21.1 Å². The average Bonchev–Trinajstić information content (AvgIpc) is 2.71. The lowest BCUT2D eigenvalue weighted by atomic mass is 9.90. The minimum atomic E-state index is -1.26. The summed E-state index contributed by atoms with van der Waals surface area (Å²) in [7, 11) is 0. The molecule has 0 aliphatic carbocycles. The van der Waals surface area contributed by atoms with Gasteiger partial charge < -0.3 is 30.1 Å². The molecule has 2 aromatic rings. The van der Waals surface area contributed by atoms with Crippen LogP contribution in [0.15, 0.2) is 36.4 Å². The van der Waals surface area contributed by atoms with Crippen LogP contribution in [-0.4, -0.2) is 52.9 Å². The van der Waals surface area contributed by atoms with Crippen molar-refractivity contribution in [3.05, 3.63) is 58.1 Å². The zero-order chi connectivity index (χ0) is 19.8. The molecule has 0 bridgehead atoms. The van der Waals surface area contributed by atoms with Crippen LogP contribution in [0.2, 0.25) is 5.02 Å². The Morgan fingerprint density at radius 2 is 1.89 bits per heavy atom. The molecule has 1 fully saturated rings. The molecule has 0 spiro atoms. The molecule has 4 N–H and O–H groups in total. The van der Waals surface area contributed by atoms with E-state index in [1.807, 2.05) is 24.3 Å². The summed E-state index contributed by atoms with van der Waals surface area (Å²) in [5, 5.41) is 34.3. The highest BCUT2D eigenvalue weighted by molar-refractivity contribution is 6.31. The fourth-order valence-electron chi connectivity index (χ4n) is 3.75. The van der Waals surface area contributed by atoms with Gasteiger partial charge in [0.1, 0.15) is 36.8 Å². The van der Waals surface area contributed by atoms with Crippen LogP contribution in [0.3, 0.4) is 0 Å². The Bertz CT molecular complexity index is 861. The lowest BCUT2D eigenvalue weighted by molar-refractivity contribution is -0.219. The van der Waals surface area contributed by atoms with Gasteiger partial charge in [-0.15, -0.1) is 0 Å². The molecule has 0 radical (unpaired) electrons. The van der Waals surface area contributed by atoms with E-state index in [1.54, 1.807) is 19.1 Å². The van der Waals surface area contributed by atoms with Gasteiger partial charge in [0.25, 0.3) is 0 Å². The predicted molar refractivity (Wildman–Crippen MR) is 106 cm³/mol. The third-order valence-electron chi connectivity index (χ3n) is 5.36. The first-order valence-electron chi connectivity index (χ1n) is 9.41. The van der Waals surface area contributed by atoms with Crippen LogP contribution in [0.4, 0.5) is 5.69 Å². The topological polar surface area (TPSA) is 91.2 Å². The highest BCUT2D eigenvalue weighted by Crippen LogP contribution is 2.35. The number of hydrogen-bond acceptors (Lipinski definition) is 6. The third kappa shape index (κ3) is 3.71. The molecule has 4 rings (SSSR count). The molecule has 7 heteroatoms. The van der Waals surface area contributed by atoms with Gasteiger partial charge in [-0.05, 0) is 48.2 Å². The fraction of sp³-hybridized carbons (Fsp3) is 0.429. The zero-order valence-electron chi connectivity index (χ0n) is 15.5. The van der Waals surface area contributed by atoms with Gasteiger partial charge in [0.05, 0.1) is 11.8 Å². The molecule has 5 atom stereocenters. The van der Waals surface area contributed by atoms with Crippen LogP contribution in [-0.2, 0) is 11.2 Å². The van der Waals surface area contributed by atoms with Gasteiger partial charge in [-0.3, -0.25) is 0 Å². The minimum absolute atomic E-state index is 0.589. The van der Waals surface area contributed by atoms with Gasteiger partial charge in [0, 0.05) is 11.6 Å². The summed E-state index contributed by atoms with van der Waals surface area (Å²) < 4.78 is 11.4. The van der Waals surface area contributed by atoms with E-state index in [2.05, 4.69) is 5.32 Å². The number of hydrogen-bond donors (Lipinski definition) is 4. The van der Waals surface area contributed by atoms with Crippen molar-refractivity contribution >= 4 is 17.3 Å². The number of aliphatic hydroxyl groups excluding tert-OH is 3. The van der Waals surface area contributed by atoms with Gasteiger partial charge in [0.2, 0.25) is 0 Å². The molecular formula is C21H24ClNO5. The zero-order valence-corrected chi connectivity index (χ0v) is 16.3. The number of anilines is 1. The normalized spacial score (nSPS) is 29.5. The number of nitrogens with one attached hydrogen (secondary N) is 1. The average molecular weight is 406 g/mol. The van der Waals surface area contributed by atoms with E-state index >= 15 is 0 Å². The van der Waals surface area contributed by atoms with Crippen LogP contribution < -0.4 is 10.1 Å². The molecule has 0 aromatic heterocycles. The summed E-state index contributed by atoms with van der Waals surface area (Å²) in [4.78, 5) is 0. The molecular weight excluding hydrogens is 382 g/mol. The van der Waals surface area contributed by atoms with Crippen molar-refractivity contribution in [1.29, 1.82) is 0 Å². The Kier molecular flexibility index (Phi) is 5.49. The number of rotatable bonds is 3. The number of aliphatic hydroxyl groups is 3. The first-order valence-corrected chi connectivity index (χ1v) is 9.79. The van der Waals surface area contributed by atoms with E-state index < -0.39 is 30.5 Å². The van der Waals surface area contributed by atoms with Crippen molar-refractivity contribution in [2.45, 2.75) is 43.9 Å². The number of ether oxygens (including phenoxy) is 2. The third-order valence-corrected chi connectivity index (χ3v) is 5.73. The molecule has 2 aromatic carbocycles. The number of benzene rings is 2. The Morgan fingerprint density at radius 3 is 2.71 bits per heavy atom. The fourth-order valence-corrected chi connectivity index (χ4v) is 3.94. The Balaban J connectivity index is 1.59. The lowest BCUT2D eigenvalue weighted by Crippen LogP contribution is -2.53. The second kappa shape index (κ2) is 7.89.